The molecule has 2 heterocycles. The fraction of sp³-hybridized carbons (Fsp3) is 0.923. The van der Waals surface area contributed by atoms with Crippen LogP contribution in [0.25, 0.3) is 0 Å². The maximum Gasteiger partial charge on any atom is 0.239 e. The van der Waals surface area contributed by atoms with E-state index in [1.54, 1.807) is 0 Å². The van der Waals surface area contributed by atoms with Crippen molar-refractivity contribution < 1.29 is 4.79 Å². The lowest BCUT2D eigenvalue weighted by Gasteiger charge is -2.32. The number of hydrogen-bond acceptors (Lipinski definition) is 3. The van der Waals surface area contributed by atoms with Gasteiger partial charge < -0.3 is 15.1 Å². The molecule has 0 saturated carbocycles. The fourth-order valence-electron chi connectivity index (χ4n) is 2.78. The van der Waals surface area contributed by atoms with Gasteiger partial charge in [0.1, 0.15) is 0 Å². The third kappa shape index (κ3) is 3.68. The molecular formula is C13H25N3O. The van der Waals surface area contributed by atoms with Crippen LogP contribution in [0.5, 0.6) is 0 Å². The number of piperidine rings is 1. The molecule has 0 aromatic carbocycles. The van der Waals surface area contributed by atoms with Gasteiger partial charge in [-0.3, -0.25) is 4.79 Å². The molecule has 1 atom stereocenters. The lowest BCUT2D eigenvalue weighted by Crippen LogP contribution is -2.54. The van der Waals surface area contributed by atoms with Gasteiger partial charge in [0.25, 0.3) is 0 Å². The van der Waals surface area contributed by atoms with Gasteiger partial charge in [-0.2, -0.15) is 0 Å². The highest BCUT2D eigenvalue weighted by molar-refractivity contribution is 5.82. The highest BCUT2D eigenvalue weighted by Gasteiger charge is 2.24. The van der Waals surface area contributed by atoms with Crippen LogP contribution in [-0.2, 0) is 4.79 Å². The summed E-state index contributed by atoms with van der Waals surface area (Å²) in [6.07, 6.45) is 5.22. The number of carbonyl (C=O) groups excluding carboxylic acids is 1. The summed E-state index contributed by atoms with van der Waals surface area (Å²) in [7, 11) is 0. The van der Waals surface area contributed by atoms with Crippen molar-refractivity contribution >= 4 is 5.91 Å². The number of hydrogen-bond donors (Lipinski definition) is 1. The molecule has 17 heavy (non-hydrogen) atoms. The molecule has 0 spiro atoms. The maximum absolute atomic E-state index is 11.9. The normalized spacial score (nSPS) is 27.5. The van der Waals surface area contributed by atoms with E-state index in [1.807, 2.05) is 11.8 Å². The molecule has 2 rings (SSSR count). The first kappa shape index (κ1) is 12.8. The summed E-state index contributed by atoms with van der Waals surface area (Å²) >= 11 is 0. The van der Waals surface area contributed by atoms with E-state index in [0.717, 1.165) is 32.6 Å². The molecule has 0 aromatic rings. The second-order valence-electron chi connectivity index (χ2n) is 5.26. The highest BCUT2D eigenvalue weighted by atomic mass is 16.2. The Morgan fingerprint density at radius 2 is 1.94 bits per heavy atom. The SMILES string of the molecule is CC1NCCN(CCCN2CCCCC2)C1=O. The Kier molecular flexibility index (Phi) is 4.80. The van der Waals surface area contributed by atoms with Crippen molar-refractivity contribution in [2.75, 3.05) is 39.3 Å². The molecule has 1 N–H and O–H groups in total. The van der Waals surface area contributed by atoms with Crippen LogP contribution >= 0.6 is 0 Å². The summed E-state index contributed by atoms with van der Waals surface area (Å²) in [5.41, 5.74) is 0. The Bertz CT molecular complexity index is 251. The number of piperazine rings is 1. The summed E-state index contributed by atoms with van der Waals surface area (Å²) < 4.78 is 0. The van der Waals surface area contributed by atoms with Gasteiger partial charge in [-0.05, 0) is 45.8 Å². The van der Waals surface area contributed by atoms with Crippen molar-refractivity contribution in [1.82, 2.24) is 15.1 Å². The van der Waals surface area contributed by atoms with E-state index in [1.165, 1.54) is 32.4 Å². The Morgan fingerprint density at radius 3 is 2.71 bits per heavy atom. The zero-order valence-electron chi connectivity index (χ0n) is 11.0. The second-order valence-corrected chi connectivity index (χ2v) is 5.26. The minimum Gasteiger partial charge on any atom is -0.340 e. The minimum atomic E-state index is 0.0127. The third-order valence-corrected chi connectivity index (χ3v) is 3.87. The Morgan fingerprint density at radius 1 is 1.18 bits per heavy atom. The van der Waals surface area contributed by atoms with Crippen molar-refractivity contribution in [3.63, 3.8) is 0 Å². The van der Waals surface area contributed by atoms with E-state index in [9.17, 15) is 4.79 Å². The third-order valence-electron chi connectivity index (χ3n) is 3.87. The molecule has 4 heteroatoms. The lowest BCUT2D eigenvalue weighted by atomic mass is 10.1. The zero-order chi connectivity index (χ0) is 12.1. The number of carbonyl (C=O) groups is 1. The Balaban J connectivity index is 1.65. The van der Waals surface area contributed by atoms with Gasteiger partial charge in [0.2, 0.25) is 5.91 Å². The maximum atomic E-state index is 11.9. The average molecular weight is 239 g/mol. The number of nitrogens with one attached hydrogen (secondary N) is 1. The smallest absolute Gasteiger partial charge is 0.239 e. The van der Waals surface area contributed by atoms with Gasteiger partial charge in [0.05, 0.1) is 6.04 Å². The molecule has 4 nitrogen and oxygen atoms in total. The van der Waals surface area contributed by atoms with E-state index in [4.69, 9.17) is 0 Å². The van der Waals surface area contributed by atoms with Crippen molar-refractivity contribution in [2.24, 2.45) is 0 Å². The van der Waals surface area contributed by atoms with E-state index in [2.05, 4.69) is 10.2 Å². The minimum absolute atomic E-state index is 0.0127. The van der Waals surface area contributed by atoms with Crippen LogP contribution in [0.1, 0.15) is 32.6 Å². The monoisotopic (exact) mass is 239 g/mol. The number of nitrogens with zero attached hydrogens (tertiary/aromatic N) is 2. The van der Waals surface area contributed by atoms with E-state index in [0.29, 0.717) is 0 Å². The van der Waals surface area contributed by atoms with Gasteiger partial charge >= 0.3 is 0 Å². The summed E-state index contributed by atoms with van der Waals surface area (Å²) in [4.78, 5) is 16.4. The molecule has 0 aromatic heterocycles. The first-order chi connectivity index (χ1) is 8.27. The molecule has 98 valence electrons. The predicted octanol–water partition coefficient (Wildman–Crippen LogP) is 0.683. The molecule has 2 fully saturated rings. The molecular weight excluding hydrogens is 214 g/mol. The number of rotatable bonds is 4. The average Bonchev–Trinajstić information content (AvgIpc) is 2.36. The molecule has 2 aliphatic heterocycles. The van der Waals surface area contributed by atoms with Gasteiger partial charge in [-0.25, -0.2) is 0 Å². The van der Waals surface area contributed by atoms with E-state index < -0.39 is 0 Å². The first-order valence-corrected chi connectivity index (χ1v) is 7.02. The van der Waals surface area contributed by atoms with Crippen molar-refractivity contribution in [2.45, 2.75) is 38.6 Å². The van der Waals surface area contributed by atoms with Gasteiger partial charge in [0, 0.05) is 19.6 Å². The van der Waals surface area contributed by atoms with Crippen molar-refractivity contribution in [1.29, 1.82) is 0 Å². The van der Waals surface area contributed by atoms with Gasteiger partial charge in [-0.1, -0.05) is 6.42 Å². The van der Waals surface area contributed by atoms with Crippen LogP contribution < -0.4 is 5.32 Å². The quantitative estimate of drug-likeness (QED) is 0.784. The number of amides is 1. The molecule has 2 aliphatic rings. The summed E-state index contributed by atoms with van der Waals surface area (Å²) in [5.74, 6) is 0.273. The van der Waals surface area contributed by atoms with Crippen LogP contribution in [-0.4, -0.2) is 61.0 Å². The van der Waals surface area contributed by atoms with Gasteiger partial charge in [0.15, 0.2) is 0 Å². The largest absolute Gasteiger partial charge is 0.340 e. The zero-order valence-corrected chi connectivity index (χ0v) is 11.0. The highest BCUT2D eigenvalue weighted by Crippen LogP contribution is 2.09. The molecule has 0 aliphatic carbocycles. The van der Waals surface area contributed by atoms with Crippen molar-refractivity contribution in [3.8, 4) is 0 Å². The standard InChI is InChI=1S/C13H25N3O/c1-12-13(17)16(11-6-14-12)10-5-9-15-7-3-2-4-8-15/h12,14H,2-11H2,1H3. The van der Waals surface area contributed by atoms with Crippen LogP contribution in [0.15, 0.2) is 0 Å². The summed E-state index contributed by atoms with van der Waals surface area (Å²) in [6, 6.07) is 0.0127. The fourth-order valence-corrected chi connectivity index (χ4v) is 2.78. The molecule has 0 bridgehead atoms. The predicted molar refractivity (Wildman–Crippen MR) is 69.0 cm³/mol. The molecule has 0 radical (unpaired) electrons. The number of likely N-dealkylation sites (tertiary alicyclic amines) is 1. The lowest BCUT2D eigenvalue weighted by molar-refractivity contribution is -0.135. The van der Waals surface area contributed by atoms with E-state index in [-0.39, 0.29) is 11.9 Å². The summed E-state index contributed by atoms with van der Waals surface area (Å²) in [6.45, 7) is 8.38. The van der Waals surface area contributed by atoms with Crippen LogP contribution in [0.3, 0.4) is 0 Å². The van der Waals surface area contributed by atoms with E-state index >= 15 is 0 Å². The van der Waals surface area contributed by atoms with Crippen molar-refractivity contribution in [3.05, 3.63) is 0 Å². The topological polar surface area (TPSA) is 35.6 Å². The molecule has 1 amide bonds. The first-order valence-electron chi connectivity index (χ1n) is 7.02. The Hall–Kier alpha value is -0.610. The van der Waals surface area contributed by atoms with Crippen LogP contribution in [0.4, 0.5) is 0 Å². The van der Waals surface area contributed by atoms with Crippen LogP contribution in [0, 0.1) is 0 Å². The van der Waals surface area contributed by atoms with Crippen LogP contribution in [0.2, 0.25) is 0 Å². The molecule has 2 saturated heterocycles. The summed E-state index contributed by atoms with van der Waals surface area (Å²) in [5, 5.41) is 3.20. The van der Waals surface area contributed by atoms with Gasteiger partial charge in [-0.15, -0.1) is 0 Å². The molecule has 1 unspecified atom stereocenters. The second kappa shape index (κ2) is 6.36. The Labute approximate surface area is 104 Å².